The van der Waals surface area contributed by atoms with E-state index in [1.165, 1.54) is 0 Å². The van der Waals surface area contributed by atoms with Crippen molar-refractivity contribution in [1.82, 2.24) is 20.4 Å². The molecule has 5 rings (SSSR count). The van der Waals surface area contributed by atoms with Crippen LogP contribution in [0.2, 0.25) is 0 Å². The monoisotopic (exact) mass is 502 g/mol. The van der Waals surface area contributed by atoms with Gasteiger partial charge >= 0.3 is 0 Å². The van der Waals surface area contributed by atoms with Gasteiger partial charge in [-0.1, -0.05) is 48.3 Å². The van der Waals surface area contributed by atoms with Gasteiger partial charge in [-0.15, -0.1) is 0 Å². The van der Waals surface area contributed by atoms with E-state index in [1.807, 2.05) is 35.2 Å². The molecule has 0 radical (unpaired) electrons. The number of aromatic nitrogens is 2. The Balaban J connectivity index is 1.39. The molecule has 8 nitrogen and oxygen atoms in total. The first-order valence-electron chi connectivity index (χ1n) is 13.2. The first-order chi connectivity index (χ1) is 18.1. The summed E-state index contributed by atoms with van der Waals surface area (Å²) in [4.78, 5) is 33.7. The molecular formula is C29H34N4O4. The van der Waals surface area contributed by atoms with Crippen LogP contribution >= 0.6 is 0 Å². The van der Waals surface area contributed by atoms with Crippen molar-refractivity contribution in [2.45, 2.75) is 56.9 Å². The number of benzene rings is 2. The number of carbonyl (C=O) groups is 2. The summed E-state index contributed by atoms with van der Waals surface area (Å²) in [6, 6.07) is 17.0. The molecule has 194 valence electrons. The van der Waals surface area contributed by atoms with Gasteiger partial charge < -0.3 is 19.5 Å². The molecule has 37 heavy (non-hydrogen) atoms. The molecule has 2 amide bonds. The summed E-state index contributed by atoms with van der Waals surface area (Å²) in [5.41, 5.74) is 1.71. The number of nitrogens with zero attached hydrogens (tertiary/aromatic N) is 3. The smallest absolute Gasteiger partial charge is 0.254 e. The number of carbonyl (C=O) groups excluding carboxylic acids is 2. The molecule has 2 fully saturated rings. The summed E-state index contributed by atoms with van der Waals surface area (Å²) in [7, 11) is 1.61. The van der Waals surface area contributed by atoms with Gasteiger partial charge in [-0.3, -0.25) is 9.59 Å². The van der Waals surface area contributed by atoms with E-state index < -0.39 is 0 Å². The molecule has 1 aliphatic carbocycles. The number of hydrogen-bond donors (Lipinski definition) is 1. The van der Waals surface area contributed by atoms with Crippen molar-refractivity contribution >= 4 is 11.8 Å². The molecule has 2 aliphatic rings. The zero-order chi connectivity index (χ0) is 25.6. The van der Waals surface area contributed by atoms with Crippen molar-refractivity contribution in [3.05, 3.63) is 77.4 Å². The lowest BCUT2D eigenvalue weighted by Crippen LogP contribution is -2.47. The summed E-state index contributed by atoms with van der Waals surface area (Å²) in [6.07, 6.45) is 5.71. The Morgan fingerprint density at radius 3 is 2.62 bits per heavy atom. The Kier molecular flexibility index (Phi) is 7.82. The van der Waals surface area contributed by atoms with Crippen LogP contribution in [0, 0.1) is 5.92 Å². The van der Waals surface area contributed by atoms with Crippen molar-refractivity contribution < 1.29 is 18.8 Å². The summed E-state index contributed by atoms with van der Waals surface area (Å²) in [5, 5.41) is 7.33. The molecular weight excluding hydrogens is 468 g/mol. The summed E-state index contributed by atoms with van der Waals surface area (Å²) >= 11 is 0. The molecule has 1 saturated carbocycles. The van der Waals surface area contributed by atoms with Gasteiger partial charge in [-0.05, 0) is 55.5 Å². The molecule has 2 heterocycles. The quantitative estimate of drug-likeness (QED) is 0.557. The Morgan fingerprint density at radius 2 is 1.84 bits per heavy atom. The Labute approximate surface area is 217 Å². The maximum absolute atomic E-state index is 13.8. The third-order valence-corrected chi connectivity index (χ3v) is 7.53. The summed E-state index contributed by atoms with van der Waals surface area (Å²) in [5.74, 6) is 1.43. The minimum Gasteiger partial charge on any atom is -0.497 e. The zero-order valence-electron chi connectivity index (χ0n) is 21.3. The van der Waals surface area contributed by atoms with Crippen molar-refractivity contribution in [2.24, 2.45) is 5.92 Å². The Hall–Kier alpha value is -3.68. The fraction of sp³-hybridized carbons (Fsp3) is 0.448. The zero-order valence-corrected chi connectivity index (χ0v) is 21.3. The van der Waals surface area contributed by atoms with Crippen LogP contribution in [-0.4, -0.2) is 53.1 Å². The number of fused-ring (bicyclic) bond motifs is 1. The highest BCUT2D eigenvalue weighted by atomic mass is 16.5. The Bertz CT molecular complexity index is 1190. The second-order valence-electron chi connectivity index (χ2n) is 9.99. The first-order valence-corrected chi connectivity index (χ1v) is 13.2. The minimum atomic E-state index is -0.324. The molecule has 3 aromatic rings. The fourth-order valence-corrected chi connectivity index (χ4v) is 5.55. The SMILES string of the molecule is COc1ccc(C(=O)N2CCCCCCNC(=O)C3CC(c4nc(Cc5ccccc5)no4)CC32)cc1. The lowest BCUT2D eigenvalue weighted by Gasteiger charge is -2.32. The fourth-order valence-electron chi connectivity index (χ4n) is 5.55. The van der Waals surface area contributed by atoms with Crippen LogP contribution in [0.4, 0.5) is 0 Å². The van der Waals surface area contributed by atoms with E-state index in [2.05, 4.69) is 15.5 Å². The van der Waals surface area contributed by atoms with E-state index >= 15 is 0 Å². The highest BCUT2D eigenvalue weighted by Crippen LogP contribution is 2.41. The van der Waals surface area contributed by atoms with Crippen LogP contribution in [-0.2, 0) is 11.2 Å². The van der Waals surface area contributed by atoms with Crippen molar-refractivity contribution in [3.8, 4) is 5.75 Å². The second kappa shape index (κ2) is 11.6. The van der Waals surface area contributed by atoms with E-state index in [0.29, 0.717) is 55.4 Å². The third kappa shape index (κ3) is 5.84. The maximum Gasteiger partial charge on any atom is 0.254 e. The normalized spacial score (nSPS) is 22.6. The number of methoxy groups -OCH3 is 1. The number of nitrogens with one attached hydrogen (secondary N) is 1. The number of rotatable bonds is 5. The topological polar surface area (TPSA) is 97.6 Å². The lowest BCUT2D eigenvalue weighted by atomic mass is 9.99. The van der Waals surface area contributed by atoms with Gasteiger partial charge in [0.2, 0.25) is 11.8 Å². The number of hydrogen-bond acceptors (Lipinski definition) is 6. The predicted molar refractivity (Wildman–Crippen MR) is 138 cm³/mol. The molecule has 3 unspecified atom stereocenters. The van der Waals surface area contributed by atoms with Crippen LogP contribution in [0.5, 0.6) is 5.75 Å². The lowest BCUT2D eigenvalue weighted by molar-refractivity contribution is -0.126. The highest BCUT2D eigenvalue weighted by molar-refractivity contribution is 5.95. The van der Waals surface area contributed by atoms with Crippen molar-refractivity contribution in [1.29, 1.82) is 0 Å². The minimum absolute atomic E-state index is 0.00551. The van der Waals surface area contributed by atoms with Crippen LogP contribution in [0.1, 0.15) is 72.1 Å². The van der Waals surface area contributed by atoms with E-state index in [0.717, 1.165) is 31.2 Å². The van der Waals surface area contributed by atoms with Crippen LogP contribution in [0.25, 0.3) is 0 Å². The molecule has 1 N–H and O–H groups in total. The van der Waals surface area contributed by atoms with Crippen LogP contribution < -0.4 is 10.1 Å². The van der Waals surface area contributed by atoms with Gasteiger partial charge in [0, 0.05) is 37.0 Å². The van der Waals surface area contributed by atoms with Gasteiger partial charge in [0.1, 0.15) is 5.75 Å². The maximum atomic E-state index is 13.8. The van der Waals surface area contributed by atoms with E-state index in [4.69, 9.17) is 9.26 Å². The van der Waals surface area contributed by atoms with Gasteiger partial charge in [0.05, 0.1) is 13.0 Å². The molecule has 8 heteroatoms. The highest BCUT2D eigenvalue weighted by Gasteiger charge is 2.45. The summed E-state index contributed by atoms with van der Waals surface area (Å²) in [6.45, 7) is 1.29. The van der Waals surface area contributed by atoms with Gasteiger partial charge in [-0.25, -0.2) is 0 Å². The number of ether oxygens (including phenoxy) is 1. The molecule has 2 aromatic carbocycles. The van der Waals surface area contributed by atoms with E-state index in [-0.39, 0.29) is 29.7 Å². The predicted octanol–water partition coefficient (Wildman–Crippen LogP) is 4.36. The average molecular weight is 503 g/mol. The van der Waals surface area contributed by atoms with Gasteiger partial charge in [-0.2, -0.15) is 4.98 Å². The third-order valence-electron chi connectivity index (χ3n) is 7.53. The molecule has 1 aromatic heterocycles. The molecule has 3 atom stereocenters. The van der Waals surface area contributed by atoms with Gasteiger partial charge in [0.25, 0.3) is 5.91 Å². The molecule has 0 bridgehead atoms. The largest absolute Gasteiger partial charge is 0.497 e. The molecule has 0 spiro atoms. The average Bonchev–Trinajstić information content (AvgIpc) is 3.57. The van der Waals surface area contributed by atoms with Gasteiger partial charge in [0.15, 0.2) is 5.82 Å². The Morgan fingerprint density at radius 1 is 1.05 bits per heavy atom. The van der Waals surface area contributed by atoms with E-state index in [9.17, 15) is 9.59 Å². The van der Waals surface area contributed by atoms with Crippen molar-refractivity contribution in [2.75, 3.05) is 20.2 Å². The molecule has 1 aliphatic heterocycles. The standard InChI is InChI=1S/C29H34N4O4/c1-36-23-13-11-21(12-14-23)29(35)33-16-8-3-2-7-15-30-27(34)24-18-22(19-25(24)33)28-31-26(32-37-28)17-20-9-5-4-6-10-20/h4-6,9-14,22,24-25H,2-3,7-8,15-19H2,1H3,(H,30,34). The second-order valence-corrected chi connectivity index (χ2v) is 9.99. The molecule has 1 saturated heterocycles. The van der Waals surface area contributed by atoms with Crippen LogP contribution in [0.15, 0.2) is 59.1 Å². The van der Waals surface area contributed by atoms with Crippen LogP contribution in [0.3, 0.4) is 0 Å². The van der Waals surface area contributed by atoms with E-state index in [1.54, 1.807) is 31.4 Å². The first kappa shape index (κ1) is 25.0. The summed E-state index contributed by atoms with van der Waals surface area (Å²) < 4.78 is 10.9. The number of amides is 2. The van der Waals surface area contributed by atoms with Crippen molar-refractivity contribution in [3.63, 3.8) is 0 Å².